The Morgan fingerprint density at radius 3 is 1.19 bits per heavy atom. The van der Waals surface area contributed by atoms with Gasteiger partial charge in [-0.05, 0) is 70.6 Å². The number of carbonyl (C=O) groups excluding carboxylic acids is 1. The molecule has 12 N–H and O–H groups in total. The van der Waals surface area contributed by atoms with Crippen LogP contribution < -0.4 is 5.32 Å². The average molecular weight is 1340 g/mol. The summed E-state index contributed by atoms with van der Waals surface area (Å²) in [4.78, 5) is 13.4. The first-order valence-corrected chi connectivity index (χ1v) is 37.2. The van der Waals surface area contributed by atoms with Gasteiger partial charge >= 0.3 is 0 Å². The minimum atomic E-state index is -1.98. The van der Waals surface area contributed by atoms with Crippen LogP contribution in [-0.2, 0) is 33.2 Å². The molecule has 0 aromatic carbocycles. The van der Waals surface area contributed by atoms with Crippen molar-refractivity contribution in [1.29, 1.82) is 0 Å². The number of unbranched alkanes of at least 4 members (excludes halogenated alkanes) is 31. The van der Waals surface area contributed by atoms with Gasteiger partial charge in [0.25, 0.3) is 0 Å². The molecule has 3 fully saturated rings. The minimum Gasteiger partial charge on any atom is -0.394 e. The van der Waals surface area contributed by atoms with Crippen LogP contribution in [0.25, 0.3) is 0 Å². The number of allylic oxidation sites excluding steroid dienone is 11. The fourth-order valence-electron chi connectivity index (χ4n) is 12.3. The summed E-state index contributed by atoms with van der Waals surface area (Å²) in [5.41, 5.74) is 0. The van der Waals surface area contributed by atoms with E-state index in [9.17, 15) is 61.0 Å². The molecule has 3 rings (SSSR count). The maximum atomic E-state index is 13.4. The van der Waals surface area contributed by atoms with Gasteiger partial charge in [0.2, 0.25) is 5.91 Å². The van der Waals surface area contributed by atoms with Gasteiger partial charge in [-0.25, -0.2) is 0 Å². The molecular formula is C75H133NO18. The zero-order valence-corrected chi connectivity index (χ0v) is 57.9. The Hall–Kier alpha value is -2.77. The second-order valence-electron chi connectivity index (χ2n) is 26.4. The molecule has 19 heteroatoms. The normalized spacial score (nSPS) is 27.8. The van der Waals surface area contributed by atoms with Crippen LogP contribution in [-0.4, -0.2) is 193 Å². The summed E-state index contributed by atoms with van der Waals surface area (Å²) in [6, 6.07) is -0.993. The average Bonchev–Trinajstić information content (AvgIpc) is 0.787. The zero-order valence-electron chi connectivity index (χ0n) is 57.9. The summed E-state index contributed by atoms with van der Waals surface area (Å²) < 4.78 is 34.4. The number of carbonyl (C=O) groups is 1. The lowest BCUT2D eigenvalue weighted by atomic mass is 9.96. The van der Waals surface area contributed by atoms with Gasteiger partial charge in [-0.2, -0.15) is 0 Å². The molecular weight excluding hydrogens is 1200 g/mol. The van der Waals surface area contributed by atoms with E-state index in [1.54, 1.807) is 6.08 Å². The van der Waals surface area contributed by atoms with E-state index in [-0.39, 0.29) is 18.9 Å². The van der Waals surface area contributed by atoms with Gasteiger partial charge in [0, 0.05) is 6.42 Å². The maximum absolute atomic E-state index is 13.4. The fourth-order valence-corrected chi connectivity index (χ4v) is 12.3. The lowest BCUT2D eigenvalue weighted by Gasteiger charge is -2.48. The Morgan fingerprint density at radius 1 is 0.394 bits per heavy atom. The summed E-state index contributed by atoms with van der Waals surface area (Å²) in [6.45, 7) is 1.62. The first-order valence-electron chi connectivity index (χ1n) is 37.2. The van der Waals surface area contributed by atoms with Crippen molar-refractivity contribution in [3.05, 3.63) is 72.9 Å². The Bertz CT molecular complexity index is 1980. The molecule has 1 amide bonds. The minimum absolute atomic E-state index is 0.234. The Balaban J connectivity index is 1.41. The van der Waals surface area contributed by atoms with Crippen LogP contribution in [0.4, 0.5) is 0 Å². The van der Waals surface area contributed by atoms with Gasteiger partial charge in [-0.15, -0.1) is 0 Å². The van der Waals surface area contributed by atoms with Gasteiger partial charge in [-0.3, -0.25) is 4.79 Å². The number of aliphatic hydroxyl groups is 11. The monoisotopic (exact) mass is 1340 g/mol. The summed E-state index contributed by atoms with van der Waals surface area (Å²) >= 11 is 0. The van der Waals surface area contributed by atoms with Crippen molar-refractivity contribution in [2.75, 3.05) is 26.4 Å². The number of amides is 1. The molecule has 0 spiro atoms. The zero-order chi connectivity index (χ0) is 68.2. The Morgan fingerprint density at radius 2 is 0.745 bits per heavy atom. The van der Waals surface area contributed by atoms with Crippen LogP contribution in [0.1, 0.15) is 264 Å². The predicted molar refractivity (Wildman–Crippen MR) is 369 cm³/mol. The summed E-state index contributed by atoms with van der Waals surface area (Å²) in [5, 5.41) is 121. The van der Waals surface area contributed by atoms with E-state index in [4.69, 9.17) is 28.4 Å². The van der Waals surface area contributed by atoms with Crippen molar-refractivity contribution in [3.8, 4) is 0 Å². The standard InChI is InChI=1S/C75H133NO18/c1-3-5-7-9-11-13-15-17-19-21-23-25-26-27-28-29-30-31-32-33-35-37-39-41-43-45-47-49-51-53-63(81)76-58(59(80)52-50-48-46-44-42-40-38-36-34-24-22-20-18-16-14-12-10-8-6-4-2)57-89-73-69(87)66(84)71(61(55-78)91-73)94-75-70(88)67(85)72(62(56-79)92-75)93-74-68(86)65(83)64(82)60(54-77)90-74/h5,7,11,13,17,19,23,25,42,44,50,52,58-62,64-75,77-80,82-88H,3-4,6,8-10,12,14-16,18,20-22,24,26-41,43,45-49,51,53-57H2,1-2H3,(H,76,81)/b7-5-,13-11-,19-17-,25-23-,44-42+,52-50+. The van der Waals surface area contributed by atoms with Crippen LogP contribution in [0.3, 0.4) is 0 Å². The van der Waals surface area contributed by atoms with Crippen molar-refractivity contribution >= 4 is 5.91 Å². The molecule has 17 unspecified atom stereocenters. The Labute approximate surface area is 566 Å². The van der Waals surface area contributed by atoms with Crippen LogP contribution in [0.15, 0.2) is 72.9 Å². The van der Waals surface area contributed by atoms with Crippen LogP contribution in [0.2, 0.25) is 0 Å². The molecule has 0 radical (unpaired) electrons. The third-order valence-electron chi connectivity index (χ3n) is 18.2. The summed E-state index contributed by atoms with van der Waals surface area (Å²) in [7, 11) is 0. The Kier molecular flexibility index (Phi) is 50.9. The maximum Gasteiger partial charge on any atom is 0.220 e. The quantitative estimate of drug-likeness (QED) is 0.0199. The van der Waals surface area contributed by atoms with Gasteiger partial charge in [0.15, 0.2) is 18.9 Å². The van der Waals surface area contributed by atoms with Crippen molar-refractivity contribution in [2.45, 2.75) is 369 Å². The molecule has 3 heterocycles. The van der Waals surface area contributed by atoms with Crippen LogP contribution >= 0.6 is 0 Å². The smallest absolute Gasteiger partial charge is 0.220 e. The molecule has 0 aromatic heterocycles. The lowest BCUT2D eigenvalue weighted by molar-refractivity contribution is -0.379. The molecule has 19 nitrogen and oxygen atoms in total. The van der Waals surface area contributed by atoms with E-state index in [1.807, 2.05) is 6.08 Å². The van der Waals surface area contributed by atoms with Crippen molar-refractivity contribution in [1.82, 2.24) is 5.32 Å². The number of hydrogen-bond donors (Lipinski definition) is 12. The second-order valence-corrected chi connectivity index (χ2v) is 26.4. The van der Waals surface area contributed by atoms with E-state index >= 15 is 0 Å². The third-order valence-corrected chi connectivity index (χ3v) is 18.2. The SMILES string of the molecule is CC/C=C\C/C=C\C/C=C\C/C=C\CCCCCCCCCCCCCCCCCCC(=O)NC(COC1OC(CO)C(OC2OC(CO)C(OC3OC(CO)C(O)C(O)C3O)C(O)C2O)C(O)C1O)C(O)/C=C/CC/C=C/CCCCCCCCCCCCCCCC. The molecule has 3 aliphatic rings. The first kappa shape index (κ1) is 85.5. The molecule has 94 heavy (non-hydrogen) atoms. The predicted octanol–water partition coefficient (Wildman–Crippen LogP) is 10.9. The molecule has 0 aromatic rings. The van der Waals surface area contributed by atoms with Crippen LogP contribution in [0, 0.1) is 0 Å². The van der Waals surface area contributed by atoms with Crippen molar-refractivity contribution in [2.24, 2.45) is 0 Å². The van der Waals surface area contributed by atoms with Crippen molar-refractivity contribution in [3.63, 3.8) is 0 Å². The molecule has 0 aliphatic carbocycles. The van der Waals surface area contributed by atoms with E-state index < -0.39 is 124 Å². The highest BCUT2D eigenvalue weighted by Gasteiger charge is 2.53. The first-order chi connectivity index (χ1) is 45.8. The fraction of sp³-hybridized carbons (Fsp3) is 0.827. The molecule has 546 valence electrons. The number of rotatable bonds is 57. The van der Waals surface area contributed by atoms with Gasteiger partial charge in [0.1, 0.15) is 73.2 Å². The van der Waals surface area contributed by atoms with E-state index in [2.05, 4.69) is 79.9 Å². The van der Waals surface area contributed by atoms with E-state index in [0.29, 0.717) is 12.8 Å². The van der Waals surface area contributed by atoms with Gasteiger partial charge < -0.3 is 89.9 Å². The number of nitrogens with one attached hydrogen (secondary N) is 1. The van der Waals surface area contributed by atoms with E-state index in [0.717, 1.165) is 64.2 Å². The highest BCUT2D eigenvalue weighted by atomic mass is 16.8. The number of ether oxygens (including phenoxy) is 6. The molecule has 3 saturated heterocycles. The van der Waals surface area contributed by atoms with Crippen molar-refractivity contribution < 1.29 is 89.4 Å². The summed E-state index contributed by atoms with van der Waals surface area (Å²) in [6.07, 6.45) is 44.5. The largest absolute Gasteiger partial charge is 0.394 e. The lowest BCUT2D eigenvalue weighted by Crippen LogP contribution is -2.66. The van der Waals surface area contributed by atoms with Gasteiger partial charge in [0.05, 0.1) is 38.6 Å². The van der Waals surface area contributed by atoms with E-state index in [1.165, 1.54) is 167 Å². The molecule has 0 saturated carbocycles. The molecule has 0 bridgehead atoms. The summed E-state index contributed by atoms with van der Waals surface area (Å²) in [5.74, 6) is -0.285. The highest BCUT2D eigenvalue weighted by Crippen LogP contribution is 2.33. The van der Waals surface area contributed by atoms with Crippen LogP contribution in [0.5, 0.6) is 0 Å². The number of hydrogen-bond acceptors (Lipinski definition) is 18. The number of aliphatic hydroxyl groups excluding tert-OH is 11. The second kappa shape index (κ2) is 56.0. The molecule has 3 aliphatic heterocycles. The third kappa shape index (κ3) is 36.9. The van der Waals surface area contributed by atoms with Gasteiger partial charge in [-0.1, -0.05) is 260 Å². The molecule has 17 atom stereocenters. The highest BCUT2D eigenvalue weighted by molar-refractivity contribution is 5.76. The topological polar surface area (TPSA) is 307 Å².